The summed E-state index contributed by atoms with van der Waals surface area (Å²) in [5.74, 6) is 1.18. The van der Waals surface area contributed by atoms with E-state index in [9.17, 15) is 9.59 Å². The van der Waals surface area contributed by atoms with Gasteiger partial charge in [0.05, 0.1) is 17.5 Å². The molecule has 0 radical (unpaired) electrons. The second kappa shape index (κ2) is 16.2. The van der Waals surface area contributed by atoms with E-state index in [-0.39, 0.29) is 11.8 Å². The Labute approximate surface area is 278 Å². The quantitative estimate of drug-likeness (QED) is 0.127. The highest BCUT2D eigenvalue weighted by Gasteiger charge is 2.27. The number of hydrogen-bond donors (Lipinski definition) is 1. The topological polar surface area (TPSA) is 67.2 Å². The van der Waals surface area contributed by atoms with Crippen molar-refractivity contribution in [2.45, 2.75) is 83.3 Å². The van der Waals surface area contributed by atoms with E-state index in [0.29, 0.717) is 32.1 Å². The van der Waals surface area contributed by atoms with E-state index in [2.05, 4.69) is 69.4 Å². The van der Waals surface area contributed by atoms with Gasteiger partial charge in [-0.1, -0.05) is 123 Å². The van der Waals surface area contributed by atoms with Crippen molar-refractivity contribution >= 4 is 22.8 Å². The van der Waals surface area contributed by atoms with Crippen molar-refractivity contribution in [2.24, 2.45) is 0 Å². The molecule has 4 aromatic carbocycles. The summed E-state index contributed by atoms with van der Waals surface area (Å²) in [7, 11) is 0. The van der Waals surface area contributed by atoms with Crippen LogP contribution in [0.2, 0.25) is 0 Å². The number of imidazole rings is 1. The molecule has 0 saturated heterocycles. The van der Waals surface area contributed by atoms with E-state index in [4.69, 9.17) is 4.98 Å². The normalized spacial score (nSPS) is 13.4. The maximum Gasteiger partial charge on any atom is 0.243 e. The molecule has 1 aliphatic rings. The average Bonchev–Trinajstić information content (AvgIpc) is 3.46. The second-order valence-corrected chi connectivity index (χ2v) is 12.8. The molecule has 0 unspecified atom stereocenters. The number of fused-ring (bicyclic) bond motifs is 1. The Morgan fingerprint density at radius 1 is 0.723 bits per heavy atom. The van der Waals surface area contributed by atoms with Crippen LogP contribution in [0.15, 0.2) is 109 Å². The van der Waals surface area contributed by atoms with E-state index in [1.807, 2.05) is 54.6 Å². The van der Waals surface area contributed by atoms with E-state index in [1.165, 1.54) is 30.4 Å². The van der Waals surface area contributed by atoms with Crippen molar-refractivity contribution in [3.05, 3.63) is 126 Å². The summed E-state index contributed by atoms with van der Waals surface area (Å²) >= 11 is 0. The van der Waals surface area contributed by atoms with Crippen LogP contribution in [0.5, 0.6) is 0 Å². The van der Waals surface area contributed by atoms with Gasteiger partial charge in [-0.15, -0.1) is 0 Å². The predicted molar refractivity (Wildman–Crippen MR) is 190 cm³/mol. The maximum absolute atomic E-state index is 14.0. The summed E-state index contributed by atoms with van der Waals surface area (Å²) in [5.41, 5.74) is 6.48. The van der Waals surface area contributed by atoms with E-state index in [1.54, 1.807) is 0 Å². The van der Waals surface area contributed by atoms with Crippen LogP contribution in [0.1, 0.15) is 68.3 Å². The fourth-order valence-electron chi connectivity index (χ4n) is 6.82. The number of carbonyl (C=O) groups excluding carboxylic acids is 2. The third-order valence-corrected chi connectivity index (χ3v) is 9.38. The van der Waals surface area contributed by atoms with Crippen LogP contribution in [-0.2, 0) is 35.5 Å². The zero-order valence-electron chi connectivity index (χ0n) is 27.3. The minimum absolute atomic E-state index is 0.0517. The molecule has 1 aliphatic carbocycles. The maximum atomic E-state index is 14.0. The first-order chi connectivity index (χ1) is 23.1. The third kappa shape index (κ3) is 8.76. The van der Waals surface area contributed by atoms with Gasteiger partial charge in [0.15, 0.2) is 0 Å². The molecule has 6 rings (SSSR count). The van der Waals surface area contributed by atoms with Gasteiger partial charge >= 0.3 is 0 Å². The van der Waals surface area contributed by atoms with Crippen molar-refractivity contribution in [3.63, 3.8) is 0 Å². The zero-order valence-corrected chi connectivity index (χ0v) is 27.3. The van der Waals surface area contributed by atoms with E-state index >= 15 is 0 Å². The summed E-state index contributed by atoms with van der Waals surface area (Å²) in [6.45, 7) is 1.62. The van der Waals surface area contributed by atoms with Gasteiger partial charge in [0.25, 0.3) is 0 Å². The lowest BCUT2D eigenvalue weighted by Crippen LogP contribution is -2.42. The number of unbranched alkanes of at least 4 members (excludes halogenated alkanes) is 2. The first-order valence-electron chi connectivity index (χ1n) is 17.3. The number of amides is 2. The van der Waals surface area contributed by atoms with Gasteiger partial charge < -0.3 is 14.8 Å². The molecule has 0 atom stereocenters. The van der Waals surface area contributed by atoms with Gasteiger partial charge in [-0.25, -0.2) is 4.98 Å². The third-order valence-electron chi connectivity index (χ3n) is 9.38. The smallest absolute Gasteiger partial charge is 0.243 e. The molecule has 1 fully saturated rings. The second-order valence-electron chi connectivity index (χ2n) is 12.8. The summed E-state index contributed by atoms with van der Waals surface area (Å²) < 4.78 is 2.14. The van der Waals surface area contributed by atoms with Crippen LogP contribution in [0.4, 0.5) is 0 Å². The summed E-state index contributed by atoms with van der Waals surface area (Å²) in [5, 5.41) is 3.09. The fraction of sp³-hybridized carbons (Fsp3) is 0.341. The van der Waals surface area contributed by atoms with Crippen LogP contribution in [0.3, 0.4) is 0 Å². The number of nitrogens with one attached hydrogen (secondary N) is 1. The standard InChI is InChI=1S/C41H46N4O2/c46-40(29-32-24-26-35(27-25-32)34-17-7-2-8-18-34)42-28-14-4-11-23-39-43-37-21-12-13-22-38(37)45(39)31-41(47)44(36-19-9-3-10-20-36)30-33-15-5-1-6-16-33/h1-2,5-8,12-13,15-18,21-22,24-27,36H,3-4,9-11,14,19-20,23,28-31H2,(H,42,46). The zero-order chi connectivity index (χ0) is 32.3. The number of carbonyl (C=O) groups is 2. The number of nitrogens with zero attached hydrogens (tertiary/aromatic N) is 3. The molecule has 1 saturated carbocycles. The number of para-hydroxylation sites is 2. The lowest BCUT2D eigenvalue weighted by molar-refractivity contribution is -0.135. The molecule has 0 spiro atoms. The highest BCUT2D eigenvalue weighted by atomic mass is 16.2. The molecule has 0 aliphatic heterocycles. The lowest BCUT2D eigenvalue weighted by Gasteiger charge is -2.35. The van der Waals surface area contributed by atoms with Crippen molar-refractivity contribution in [2.75, 3.05) is 6.54 Å². The van der Waals surface area contributed by atoms with E-state index < -0.39 is 0 Å². The molecule has 242 valence electrons. The van der Waals surface area contributed by atoms with Crippen LogP contribution in [0, 0.1) is 0 Å². The van der Waals surface area contributed by atoms with Gasteiger partial charge in [-0.05, 0) is 60.1 Å². The first-order valence-corrected chi connectivity index (χ1v) is 17.3. The number of rotatable bonds is 14. The lowest BCUT2D eigenvalue weighted by atomic mass is 9.93. The minimum Gasteiger partial charge on any atom is -0.356 e. The highest BCUT2D eigenvalue weighted by Crippen LogP contribution is 2.26. The van der Waals surface area contributed by atoms with Crippen molar-refractivity contribution in [3.8, 4) is 11.1 Å². The minimum atomic E-state index is 0.0517. The van der Waals surface area contributed by atoms with Gasteiger partial charge in [-0.2, -0.15) is 0 Å². The molecule has 6 nitrogen and oxygen atoms in total. The van der Waals surface area contributed by atoms with Crippen LogP contribution < -0.4 is 5.32 Å². The highest BCUT2D eigenvalue weighted by molar-refractivity contribution is 5.81. The number of aromatic nitrogens is 2. The molecule has 5 aromatic rings. The number of benzene rings is 4. The summed E-state index contributed by atoms with van der Waals surface area (Å²) in [6, 6.07) is 37.3. The van der Waals surface area contributed by atoms with Crippen LogP contribution in [-0.4, -0.2) is 38.9 Å². The van der Waals surface area contributed by atoms with E-state index in [0.717, 1.165) is 66.5 Å². The monoisotopic (exact) mass is 626 g/mol. The number of aryl methyl sites for hydroxylation is 1. The molecule has 1 aromatic heterocycles. The number of hydrogen-bond acceptors (Lipinski definition) is 3. The Morgan fingerprint density at radius 3 is 2.17 bits per heavy atom. The Kier molecular flexibility index (Phi) is 11.1. The van der Waals surface area contributed by atoms with Gasteiger partial charge in [0.1, 0.15) is 12.4 Å². The van der Waals surface area contributed by atoms with Crippen LogP contribution >= 0.6 is 0 Å². The molecular weight excluding hydrogens is 580 g/mol. The Morgan fingerprint density at radius 2 is 1.40 bits per heavy atom. The van der Waals surface area contributed by atoms with Gasteiger partial charge in [-0.3, -0.25) is 9.59 Å². The molecular formula is C41H46N4O2. The predicted octanol–water partition coefficient (Wildman–Crippen LogP) is 8.14. The van der Waals surface area contributed by atoms with Crippen LogP contribution in [0.25, 0.3) is 22.2 Å². The molecule has 0 bridgehead atoms. The molecule has 1 N–H and O–H groups in total. The summed E-state index contributed by atoms with van der Waals surface area (Å²) in [4.78, 5) is 33.7. The average molecular weight is 627 g/mol. The molecule has 1 heterocycles. The molecule has 2 amide bonds. The van der Waals surface area contributed by atoms with Gasteiger partial charge in [0, 0.05) is 25.6 Å². The molecule has 47 heavy (non-hydrogen) atoms. The Hall–Kier alpha value is -4.71. The molecule has 6 heteroatoms. The Balaban J connectivity index is 1.01. The Bertz CT molecular complexity index is 1720. The van der Waals surface area contributed by atoms with Crippen molar-refractivity contribution in [1.82, 2.24) is 19.8 Å². The largest absolute Gasteiger partial charge is 0.356 e. The first kappa shape index (κ1) is 32.2. The van der Waals surface area contributed by atoms with Crippen molar-refractivity contribution in [1.29, 1.82) is 0 Å². The van der Waals surface area contributed by atoms with Gasteiger partial charge in [0.2, 0.25) is 11.8 Å². The SMILES string of the molecule is O=C(Cc1ccc(-c2ccccc2)cc1)NCCCCCc1nc2ccccc2n1CC(=O)N(Cc1ccccc1)C1CCCCC1. The van der Waals surface area contributed by atoms with Crippen molar-refractivity contribution < 1.29 is 9.59 Å². The fourth-order valence-corrected chi connectivity index (χ4v) is 6.82. The summed E-state index contributed by atoms with van der Waals surface area (Å²) in [6.07, 6.45) is 9.80.